The minimum atomic E-state index is 0.259. The molecule has 0 atom stereocenters. The Hall–Kier alpha value is -1.32. The van der Waals surface area contributed by atoms with Gasteiger partial charge >= 0.3 is 0 Å². The van der Waals surface area contributed by atoms with Crippen LogP contribution in [-0.2, 0) is 11.2 Å². The van der Waals surface area contributed by atoms with E-state index in [1.807, 2.05) is 25.7 Å². The summed E-state index contributed by atoms with van der Waals surface area (Å²) in [5, 5.41) is 3.91. The smallest absolute Gasteiger partial charge is 0.223 e. The second-order valence-electron chi connectivity index (χ2n) is 4.71. The molecule has 0 aromatic carbocycles. The first kappa shape index (κ1) is 12.1. The van der Waals surface area contributed by atoms with Crippen molar-refractivity contribution in [1.82, 2.24) is 10.1 Å². The molecule has 1 aromatic heterocycles. The molecule has 0 radical (unpaired) electrons. The van der Waals surface area contributed by atoms with Gasteiger partial charge in [0.2, 0.25) is 5.91 Å². The maximum absolute atomic E-state index is 12.0. The normalized spacial score (nSPS) is 15.0. The van der Waals surface area contributed by atoms with Crippen LogP contribution in [0.2, 0.25) is 0 Å². The third-order valence-corrected chi connectivity index (χ3v) is 3.42. The second kappa shape index (κ2) is 4.90. The van der Waals surface area contributed by atoms with Crippen molar-refractivity contribution >= 4 is 5.91 Å². The van der Waals surface area contributed by atoms with Crippen molar-refractivity contribution in [2.75, 3.05) is 6.54 Å². The van der Waals surface area contributed by atoms with Gasteiger partial charge in [0, 0.05) is 24.6 Å². The van der Waals surface area contributed by atoms with E-state index in [-0.39, 0.29) is 5.91 Å². The van der Waals surface area contributed by atoms with Gasteiger partial charge in [0.1, 0.15) is 5.76 Å². The molecule has 17 heavy (non-hydrogen) atoms. The summed E-state index contributed by atoms with van der Waals surface area (Å²) >= 11 is 0. The van der Waals surface area contributed by atoms with Crippen molar-refractivity contribution in [2.24, 2.45) is 0 Å². The van der Waals surface area contributed by atoms with Crippen molar-refractivity contribution in [3.8, 4) is 0 Å². The standard InChI is InChI=1S/C13H20N2O2/c1-4-15(11-5-6-11)13(16)8-7-12-9(2)14-17-10(12)3/h11H,4-8H2,1-3H3. The lowest BCUT2D eigenvalue weighted by molar-refractivity contribution is -0.131. The monoisotopic (exact) mass is 236 g/mol. The number of hydrogen-bond donors (Lipinski definition) is 0. The van der Waals surface area contributed by atoms with Crippen LogP contribution < -0.4 is 0 Å². The van der Waals surface area contributed by atoms with E-state index in [4.69, 9.17) is 4.52 Å². The molecule has 1 saturated carbocycles. The lowest BCUT2D eigenvalue weighted by Gasteiger charge is -2.20. The summed E-state index contributed by atoms with van der Waals surface area (Å²) in [6.07, 6.45) is 3.65. The zero-order chi connectivity index (χ0) is 12.4. The molecule has 1 aromatic rings. The van der Waals surface area contributed by atoms with E-state index in [1.165, 1.54) is 12.8 Å². The first-order valence-electron chi connectivity index (χ1n) is 6.34. The Morgan fingerprint density at radius 3 is 2.65 bits per heavy atom. The first-order chi connectivity index (χ1) is 8.13. The molecule has 0 N–H and O–H groups in total. The highest BCUT2D eigenvalue weighted by molar-refractivity contribution is 5.77. The van der Waals surface area contributed by atoms with E-state index < -0.39 is 0 Å². The summed E-state index contributed by atoms with van der Waals surface area (Å²) in [6.45, 7) is 6.70. The molecule has 1 fully saturated rings. The van der Waals surface area contributed by atoms with Crippen LogP contribution in [-0.4, -0.2) is 28.6 Å². The molecule has 0 spiro atoms. The van der Waals surface area contributed by atoms with E-state index in [9.17, 15) is 4.79 Å². The summed E-state index contributed by atoms with van der Waals surface area (Å²) in [4.78, 5) is 14.0. The molecular weight excluding hydrogens is 216 g/mol. The molecule has 0 aliphatic heterocycles. The SMILES string of the molecule is CCN(C(=O)CCc1c(C)noc1C)C1CC1. The van der Waals surface area contributed by atoms with Gasteiger partial charge in [0.05, 0.1) is 5.69 Å². The van der Waals surface area contributed by atoms with Gasteiger partial charge in [-0.2, -0.15) is 0 Å². The number of carbonyl (C=O) groups excluding carboxylic acids is 1. The van der Waals surface area contributed by atoms with Gasteiger partial charge in [-0.15, -0.1) is 0 Å². The number of aryl methyl sites for hydroxylation is 2. The average molecular weight is 236 g/mol. The maximum Gasteiger partial charge on any atom is 0.223 e. The predicted molar refractivity (Wildman–Crippen MR) is 64.7 cm³/mol. The molecule has 1 aliphatic carbocycles. The fourth-order valence-electron chi connectivity index (χ4n) is 2.26. The molecule has 1 aliphatic rings. The molecular formula is C13H20N2O2. The third kappa shape index (κ3) is 2.68. The van der Waals surface area contributed by atoms with Gasteiger partial charge in [-0.05, 0) is 40.0 Å². The summed E-state index contributed by atoms with van der Waals surface area (Å²) in [5.74, 6) is 1.10. The summed E-state index contributed by atoms with van der Waals surface area (Å²) < 4.78 is 5.10. The topological polar surface area (TPSA) is 46.3 Å². The second-order valence-corrected chi connectivity index (χ2v) is 4.71. The van der Waals surface area contributed by atoms with Crippen molar-refractivity contribution in [3.05, 3.63) is 17.0 Å². The number of aromatic nitrogens is 1. The fourth-order valence-corrected chi connectivity index (χ4v) is 2.26. The number of amides is 1. The zero-order valence-corrected chi connectivity index (χ0v) is 10.8. The maximum atomic E-state index is 12.0. The molecule has 0 saturated heterocycles. The van der Waals surface area contributed by atoms with Crippen LogP contribution in [0.25, 0.3) is 0 Å². The van der Waals surface area contributed by atoms with Crippen LogP contribution in [0, 0.1) is 13.8 Å². The Morgan fingerprint density at radius 1 is 1.47 bits per heavy atom. The minimum Gasteiger partial charge on any atom is -0.361 e. The number of hydrogen-bond acceptors (Lipinski definition) is 3. The quantitative estimate of drug-likeness (QED) is 0.787. The van der Waals surface area contributed by atoms with E-state index in [0.717, 1.165) is 30.0 Å². The predicted octanol–water partition coefficient (Wildman–Crippen LogP) is 2.23. The van der Waals surface area contributed by atoms with Crippen LogP contribution >= 0.6 is 0 Å². The Balaban J connectivity index is 1.91. The summed E-state index contributed by atoms with van der Waals surface area (Å²) in [5.41, 5.74) is 2.00. The Labute approximate surface area is 102 Å². The molecule has 0 bridgehead atoms. The Morgan fingerprint density at radius 2 is 2.18 bits per heavy atom. The average Bonchev–Trinajstić information content (AvgIpc) is 3.07. The summed E-state index contributed by atoms with van der Waals surface area (Å²) in [6, 6.07) is 0.511. The van der Waals surface area contributed by atoms with Crippen LogP contribution in [0.1, 0.15) is 43.2 Å². The van der Waals surface area contributed by atoms with Crippen molar-refractivity contribution < 1.29 is 9.32 Å². The molecule has 0 unspecified atom stereocenters. The van der Waals surface area contributed by atoms with Crippen LogP contribution in [0.15, 0.2) is 4.52 Å². The third-order valence-electron chi connectivity index (χ3n) is 3.42. The lowest BCUT2D eigenvalue weighted by atomic mass is 10.1. The van der Waals surface area contributed by atoms with Gasteiger partial charge in [-0.1, -0.05) is 5.16 Å². The number of nitrogens with zero attached hydrogens (tertiary/aromatic N) is 2. The van der Waals surface area contributed by atoms with Crippen LogP contribution in [0.3, 0.4) is 0 Å². The van der Waals surface area contributed by atoms with Gasteiger partial charge < -0.3 is 9.42 Å². The van der Waals surface area contributed by atoms with E-state index in [2.05, 4.69) is 5.16 Å². The van der Waals surface area contributed by atoms with Gasteiger partial charge in [-0.25, -0.2) is 0 Å². The largest absolute Gasteiger partial charge is 0.361 e. The number of carbonyl (C=O) groups is 1. The molecule has 4 heteroatoms. The van der Waals surface area contributed by atoms with E-state index >= 15 is 0 Å². The van der Waals surface area contributed by atoms with E-state index in [1.54, 1.807) is 0 Å². The van der Waals surface area contributed by atoms with Crippen molar-refractivity contribution in [2.45, 2.75) is 52.5 Å². The van der Waals surface area contributed by atoms with E-state index in [0.29, 0.717) is 12.5 Å². The number of rotatable bonds is 5. The van der Waals surface area contributed by atoms with Crippen molar-refractivity contribution in [1.29, 1.82) is 0 Å². The lowest BCUT2D eigenvalue weighted by Crippen LogP contribution is -2.32. The van der Waals surface area contributed by atoms with Gasteiger partial charge in [-0.3, -0.25) is 4.79 Å². The minimum absolute atomic E-state index is 0.259. The Kier molecular flexibility index (Phi) is 3.50. The van der Waals surface area contributed by atoms with Crippen LogP contribution in [0.5, 0.6) is 0 Å². The highest BCUT2D eigenvalue weighted by atomic mass is 16.5. The summed E-state index contributed by atoms with van der Waals surface area (Å²) in [7, 11) is 0. The fraction of sp³-hybridized carbons (Fsp3) is 0.692. The Bertz CT molecular complexity index is 388. The van der Waals surface area contributed by atoms with Crippen molar-refractivity contribution in [3.63, 3.8) is 0 Å². The molecule has 4 nitrogen and oxygen atoms in total. The zero-order valence-electron chi connectivity index (χ0n) is 10.8. The molecule has 2 rings (SSSR count). The molecule has 1 amide bonds. The highest BCUT2D eigenvalue weighted by Crippen LogP contribution is 2.27. The first-order valence-corrected chi connectivity index (χ1v) is 6.34. The van der Waals surface area contributed by atoms with Gasteiger partial charge in [0.15, 0.2) is 0 Å². The van der Waals surface area contributed by atoms with Crippen LogP contribution in [0.4, 0.5) is 0 Å². The molecule has 1 heterocycles. The van der Waals surface area contributed by atoms with Gasteiger partial charge in [0.25, 0.3) is 0 Å². The molecule has 94 valence electrons. The highest BCUT2D eigenvalue weighted by Gasteiger charge is 2.31.